The summed E-state index contributed by atoms with van der Waals surface area (Å²) >= 11 is 0. The van der Waals surface area contributed by atoms with Gasteiger partial charge in [-0.3, -0.25) is 9.48 Å². The number of aromatic nitrogens is 2. The van der Waals surface area contributed by atoms with Crippen LogP contribution in [0.4, 0.5) is 10.1 Å². The Labute approximate surface area is 169 Å². The van der Waals surface area contributed by atoms with Crippen LogP contribution in [0, 0.1) is 5.82 Å². The van der Waals surface area contributed by atoms with Crippen molar-refractivity contribution in [1.29, 1.82) is 0 Å². The van der Waals surface area contributed by atoms with Gasteiger partial charge in [-0.05, 0) is 61.9 Å². The van der Waals surface area contributed by atoms with Gasteiger partial charge in [-0.25, -0.2) is 4.39 Å². The normalized spacial score (nSPS) is 11.8. The summed E-state index contributed by atoms with van der Waals surface area (Å²) in [6.07, 6.45) is 5.32. The lowest BCUT2D eigenvalue weighted by Gasteiger charge is -2.17. The van der Waals surface area contributed by atoms with E-state index >= 15 is 0 Å². The minimum absolute atomic E-state index is 0.269. The van der Waals surface area contributed by atoms with E-state index in [4.69, 9.17) is 0 Å². The third-order valence-electron chi connectivity index (χ3n) is 4.36. The Balaban J connectivity index is 1.69. The summed E-state index contributed by atoms with van der Waals surface area (Å²) in [4.78, 5) is 12.3. The van der Waals surface area contributed by atoms with Crippen LogP contribution in [0.1, 0.15) is 25.0 Å². The van der Waals surface area contributed by atoms with Gasteiger partial charge in [0.1, 0.15) is 5.82 Å². The van der Waals surface area contributed by atoms with Crippen LogP contribution in [0.2, 0.25) is 0 Å². The van der Waals surface area contributed by atoms with Crippen LogP contribution in [-0.4, -0.2) is 26.4 Å². The van der Waals surface area contributed by atoms with Crippen molar-refractivity contribution in [2.24, 2.45) is 7.05 Å². The number of aliphatic hydroxyl groups is 1. The molecule has 150 valence electrons. The molecule has 0 aliphatic carbocycles. The van der Waals surface area contributed by atoms with E-state index in [1.54, 1.807) is 62.1 Å². The number of nitrogens with zero attached hydrogens (tertiary/aromatic N) is 2. The Kier molecular flexibility index (Phi) is 5.94. The lowest BCUT2D eigenvalue weighted by Crippen LogP contribution is -2.21. The molecule has 0 fully saturated rings. The SMILES string of the molecule is Cn1ncc(C=CC(=O)Nc2ccc(CC(C)(C)O)cc2)c1-c1ccc(F)cc1. The van der Waals surface area contributed by atoms with Gasteiger partial charge in [-0.2, -0.15) is 5.10 Å². The van der Waals surface area contributed by atoms with E-state index in [0.29, 0.717) is 12.1 Å². The molecule has 0 unspecified atom stereocenters. The maximum absolute atomic E-state index is 13.2. The van der Waals surface area contributed by atoms with Crippen molar-refractivity contribution in [3.63, 3.8) is 0 Å². The number of hydrogen-bond donors (Lipinski definition) is 2. The van der Waals surface area contributed by atoms with Gasteiger partial charge in [0.05, 0.1) is 17.5 Å². The number of amides is 1. The standard InChI is InChI=1S/C23H24FN3O2/c1-23(2,29)14-16-4-11-20(12-5-16)26-21(28)13-8-18-15-25-27(3)22(18)17-6-9-19(24)10-7-17/h4-13,15,29H,14H2,1-3H3,(H,26,28). The third kappa shape index (κ3) is 5.62. The van der Waals surface area contributed by atoms with Crippen LogP contribution in [0.3, 0.4) is 0 Å². The average Bonchev–Trinajstić information content (AvgIpc) is 3.02. The Morgan fingerprint density at radius 2 is 1.83 bits per heavy atom. The van der Waals surface area contributed by atoms with Gasteiger partial charge in [0.25, 0.3) is 0 Å². The summed E-state index contributed by atoms with van der Waals surface area (Å²) in [5.41, 5.74) is 3.25. The van der Waals surface area contributed by atoms with Crippen molar-refractivity contribution in [2.75, 3.05) is 5.32 Å². The molecule has 1 aromatic heterocycles. The number of rotatable bonds is 6. The molecule has 2 N–H and O–H groups in total. The molecule has 0 aliphatic rings. The van der Waals surface area contributed by atoms with Crippen molar-refractivity contribution in [3.05, 3.63) is 77.7 Å². The number of halogens is 1. The molecule has 3 aromatic rings. The second-order valence-corrected chi connectivity index (χ2v) is 7.59. The smallest absolute Gasteiger partial charge is 0.248 e. The fraction of sp³-hybridized carbons (Fsp3) is 0.217. The molecule has 5 nitrogen and oxygen atoms in total. The second kappa shape index (κ2) is 8.41. The first-order valence-corrected chi connectivity index (χ1v) is 9.29. The van der Waals surface area contributed by atoms with Crippen LogP contribution in [0.25, 0.3) is 17.3 Å². The molecule has 0 aliphatic heterocycles. The fourth-order valence-electron chi connectivity index (χ4n) is 3.09. The number of aryl methyl sites for hydroxylation is 1. The zero-order valence-electron chi connectivity index (χ0n) is 16.7. The van der Waals surface area contributed by atoms with E-state index in [0.717, 1.165) is 22.4 Å². The third-order valence-corrected chi connectivity index (χ3v) is 4.36. The van der Waals surface area contributed by atoms with Gasteiger partial charge < -0.3 is 10.4 Å². The first kappa shape index (κ1) is 20.5. The first-order chi connectivity index (χ1) is 13.7. The minimum Gasteiger partial charge on any atom is -0.390 e. The number of carbonyl (C=O) groups is 1. The summed E-state index contributed by atoms with van der Waals surface area (Å²) < 4.78 is 14.9. The van der Waals surface area contributed by atoms with Gasteiger partial charge in [-0.1, -0.05) is 12.1 Å². The van der Waals surface area contributed by atoms with Crippen LogP contribution in [0.15, 0.2) is 60.8 Å². The molecule has 1 amide bonds. The minimum atomic E-state index is -0.778. The van der Waals surface area contributed by atoms with Crippen LogP contribution < -0.4 is 5.32 Å². The Morgan fingerprint density at radius 3 is 2.45 bits per heavy atom. The number of nitrogens with one attached hydrogen (secondary N) is 1. The van der Waals surface area contributed by atoms with E-state index in [1.807, 2.05) is 12.1 Å². The summed E-state index contributed by atoms with van der Waals surface area (Å²) in [5, 5.41) is 16.9. The van der Waals surface area contributed by atoms with Gasteiger partial charge >= 0.3 is 0 Å². The predicted molar refractivity (Wildman–Crippen MR) is 113 cm³/mol. The first-order valence-electron chi connectivity index (χ1n) is 9.29. The highest BCUT2D eigenvalue weighted by molar-refractivity contribution is 6.02. The molecule has 0 saturated heterocycles. The van der Waals surface area contributed by atoms with Crippen molar-refractivity contribution >= 4 is 17.7 Å². The van der Waals surface area contributed by atoms with Gasteiger partial charge in [0, 0.05) is 36.4 Å². The fourth-order valence-corrected chi connectivity index (χ4v) is 3.09. The van der Waals surface area contributed by atoms with Crippen molar-refractivity contribution in [3.8, 4) is 11.3 Å². The van der Waals surface area contributed by atoms with Crippen molar-refractivity contribution < 1.29 is 14.3 Å². The largest absolute Gasteiger partial charge is 0.390 e. The monoisotopic (exact) mass is 393 g/mol. The summed E-state index contributed by atoms with van der Waals surface area (Å²) in [6.45, 7) is 3.51. The van der Waals surface area contributed by atoms with Gasteiger partial charge in [0.2, 0.25) is 5.91 Å². The van der Waals surface area contributed by atoms with Crippen molar-refractivity contribution in [2.45, 2.75) is 25.9 Å². The molecular formula is C23H24FN3O2. The molecule has 0 atom stereocenters. The van der Waals surface area contributed by atoms with Crippen molar-refractivity contribution in [1.82, 2.24) is 9.78 Å². The number of benzene rings is 2. The zero-order chi connectivity index (χ0) is 21.0. The highest BCUT2D eigenvalue weighted by atomic mass is 19.1. The van der Waals surface area contributed by atoms with Crippen LogP contribution >= 0.6 is 0 Å². The highest BCUT2D eigenvalue weighted by Crippen LogP contribution is 2.24. The summed E-state index contributed by atoms with van der Waals surface area (Å²) in [5.74, 6) is -0.574. The predicted octanol–water partition coefficient (Wildman–Crippen LogP) is 4.19. The number of carbonyl (C=O) groups excluding carboxylic acids is 1. The van der Waals surface area contributed by atoms with E-state index in [1.165, 1.54) is 18.2 Å². The summed E-state index contributed by atoms with van der Waals surface area (Å²) in [7, 11) is 1.80. The molecular weight excluding hydrogens is 369 g/mol. The molecule has 6 heteroatoms. The second-order valence-electron chi connectivity index (χ2n) is 7.59. The maximum Gasteiger partial charge on any atom is 0.248 e. The lowest BCUT2D eigenvalue weighted by atomic mass is 9.99. The molecule has 2 aromatic carbocycles. The van der Waals surface area contributed by atoms with Gasteiger partial charge in [0.15, 0.2) is 0 Å². The van der Waals surface area contributed by atoms with Gasteiger partial charge in [-0.15, -0.1) is 0 Å². The highest BCUT2D eigenvalue weighted by Gasteiger charge is 2.13. The molecule has 1 heterocycles. The topological polar surface area (TPSA) is 67.2 Å². The zero-order valence-corrected chi connectivity index (χ0v) is 16.7. The molecule has 0 spiro atoms. The number of hydrogen-bond acceptors (Lipinski definition) is 3. The van der Waals surface area contributed by atoms with Crippen LogP contribution in [-0.2, 0) is 18.3 Å². The van der Waals surface area contributed by atoms with E-state index < -0.39 is 5.60 Å². The molecule has 0 radical (unpaired) electrons. The molecule has 0 bridgehead atoms. The molecule has 29 heavy (non-hydrogen) atoms. The average molecular weight is 393 g/mol. The Hall–Kier alpha value is -3.25. The number of anilines is 1. The molecule has 3 rings (SSSR count). The molecule has 0 saturated carbocycles. The van der Waals surface area contributed by atoms with E-state index in [2.05, 4.69) is 10.4 Å². The maximum atomic E-state index is 13.2. The van der Waals surface area contributed by atoms with E-state index in [-0.39, 0.29) is 11.7 Å². The Bertz CT molecular complexity index is 1010. The van der Waals surface area contributed by atoms with E-state index in [9.17, 15) is 14.3 Å². The summed E-state index contributed by atoms with van der Waals surface area (Å²) in [6, 6.07) is 13.5. The lowest BCUT2D eigenvalue weighted by molar-refractivity contribution is -0.111. The Morgan fingerprint density at radius 1 is 1.17 bits per heavy atom. The van der Waals surface area contributed by atoms with Crippen LogP contribution in [0.5, 0.6) is 0 Å². The quantitative estimate of drug-likeness (QED) is 0.617.